The largest absolute Gasteiger partial charge is 0.472 e. The van der Waals surface area contributed by atoms with Gasteiger partial charge in [-0.3, -0.25) is 9.59 Å². The summed E-state index contributed by atoms with van der Waals surface area (Å²) in [5, 5.41) is 20.3. The average Bonchev–Trinajstić information content (AvgIpc) is 3.25. The lowest BCUT2D eigenvalue weighted by Crippen LogP contribution is -2.50. The summed E-state index contributed by atoms with van der Waals surface area (Å²) in [7, 11) is 1.74. The van der Waals surface area contributed by atoms with Crippen LogP contribution in [0.15, 0.2) is 12.3 Å². The van der Waals surface area contributed by atoms with E-state index in [4.69, 9.17) is 4.74 Å². The van der Waals surface area contributed by atoms with Gasteiger partial charge in [-0.05, 0) is 38.7 Å². The number of amides is 2. The summed E-state index contributed by atoms with van der Waals surface area (Å²) in [4.78, 5) is 33.2. The second-order valence-corrected chi connectivity index (χ2v) is 9.32. The summed E-state index contributed by atoms with van der Waals surface area (Å²) < 4.78 is 6.19. The molecule has 1 aliphatic carbocycles. The van der Waals surface area contributed by atoms with Crippen molar-refractivity contribution in [2.75, 3.05) is 26.7 Å². The summed E-state index contributed by atoms with van der Waals surface area (Å²) >= 11 is 0. The molecule has 3 atom stereocenters. The van der Waals surface area contributed by atoms with Crippen LogP contribution < -0.4 is 4.74 Å². The summed E-state index contributed by atoms with van der Waals surface area (Å²) in [6.07, 6.45) is 4.74. The highest BCUT2D eigenvalue weighted by atomic mass is 16.5. The predicted octanol–water partition coefficient (Wildman–Crippen LogP) is 1.83. The Kier molecular flexibility index (Phi) is 7.98. The van der Waals surface area contributed by atoms with Gasteiger partial charge in [0.1, 0.15) is 17.3 Å². The van der Waals surface area contributed by atoms with Gasteiger partial charge in [-0.15, -0.1) is 0 Å². The Bertz CT molecular complexity index is 932. The van der Waals surface area contributed by atoms with Crippen molar-refractivity contribution in [2.24, 2.45) is 5.92 Å². The summed E-state index contributed by atoms with van der Waals surface area (Å²) in [5.41, 5.74) is -0.202. The lowest BCUT2D eigenvalue weighted by atomic mass is 9.99. The molecule has 0 unspecified atom stereocenters. The molecule has 2 aliphatic rings. The monoisotopic (exact) mass is 457 g/mol. The van der Waals surface area contributed by atoms with E-state index in [9.17, 15) is 19.8 Å². The molecule has 8 nitrogen and oxygen atoms in total. The van der Waals surface area contributed by atoms with Gasteiger partial charge in [0.15, 0.2) is 0 Å². The third kappa shape index (κ3) is 5.84. The molecule has 8 heteroatoms. The van der Waals surface area contributed by atoms with Crippen LogP contribution in [0.4, 0.5) is 0 Å². The molecule has 2 N–H and O–H groups in total. The lowest BCUT2D eigenvalue weighted by molar-refractivity contribution is -0.131. The van der Waals surface area contributed by atoms with E-state index in [1.165, 1.54) is 0 Å². The third-order valence-electron chi connectivity index (χ3n) is 6.57. The van der Waals surface area contributed by atoms with Gasteiger partial charge in [0, 0.05) is 37.7 Å². The van der Waals surface area contributed by atoms with Crippen molar-refractivity contribution >= 4 is 11.8 Å². The van der Waals surface area contributed by atoms with Crippen LogP contribution in [0, 0.1) is 17.8 Å². The molecule has 1 aliphatic heterocycles. The van der Waals surface area contributed by atoms with Gasteiger partial charge in [0.2, 0.25) is 11.8 Å². The molecule has 2 heterocycles. The van der Waals surface area contributed by atoms with Crippen molar-refractivity contribution in [3.63, 3.8) is 0 Å². The molecule has 1 saturated carbocycles. The third-order valence-corrected chi connectivity index (χ3v) is 6.57. The number of carbonyl (C=O) groups excluding carboxylic acids is 2. The van der Waals surface area contributed by atoms with Crippen LogP contribution in [0.3, 0.4) is 0 Å². The Morgan fingerprint density at radius 2 is 2.12 bits per heavy atom. The lowest BCUT2D eigenvalue weighted by Gasteiger charge is -2.37. The average molecular weight is 458 g/mol. The fourth-order valence-corrected chi connectivity index (χ4v) is 4.30. The first-order chi connectivity index (χ1) is 15.7. The Morgan fingerprint density at radius 1 is 1.42 bits per heavy atom. The molecule has 1 fully saturated rings. The fourth-order valence-electron chi connectivity index (χ4n) is 4.30. The van der Waals surface area contributed by atoms with Crippen molar-refractivity contribution in [1.29, 1.82) is 0 Å². The van der Waals surface area contributed by atoms with Crippen molar-refractivity contribution in [1.82, 2.24) is 14.8 Å². The molecule has 3 rings (SSSR count). The van der Waals surface area contributed by atoms with Crippen LogP contribution in [-0.2, 0) is 4.79 Å². The summed E-state index contributed by atoms with van der Waals surface area (Å²) in [6.45, 7) is 6.13. The van der Waals surface area contributed by atoms with E-state index >= 15 is 0 Å². The van der Waals surface area contributed by atoms with Crippen LogP contribution in [0.1, 0.15) is 68.8 Å². The van der Waals surface area contributed by atoms with Crippen LogP contribution in [0.5, 0.6) is 5.88 Å². The number of pyridine rings is 1. The number of rotatable bonds is 5. The SMILES string of the molecule is CCC(=O)N(C)C[C@H]1Oc2ncc(C#CC3(O)CCCC3)cc2C(=O)N([C@@H](C)CO)C[C@@H]1C. The topological polar surface area (TPSA) is 103 Å². The second kappa shape index (κ2) is 10.5. The zero-order valence-electron chi connectivity index (χ0n) is 20.0. The number of fused-ring (bicyclic) bond motifs is 1. The predicted molar refractivity (Wildman–Crippen MR) is 124 cm³/mol. The number of aliphatic hydroxyl groups is 2. The molecule has 0 bridgehead atoms. The first-order valence-corrected chi connectivity index (χ1v) is 11.8. The number of hydrogen-bond acceptors (Lipinski definition) is 6. The molecule has 33 heavy (non-hydrogen) atoms. The molecule has 0 spiro atoms. The summed E-state index contributed by atoms with van der Waals surface area (Å²) in [5.74, 6) is 5.73. The van der Waals surface area contributed by atoms with E-state index in [0.717, 1.165) is 12.8 Å². The number of aliphatic hydroxyl groups excluding tert-OH is 1. The van der Waals surface area contributed by atoms with Crippen LogP contribution in [-0.4, -0.2) is 81.3 Å². The number of hydrogen-bond donors (Lipinski definition) is 2. The van der Waals surface area contributed by atoms with E-state index in [-0.39, 0.29) is 41.9 Å². The second-order valence-electron chi connectivity index (χ2n) is 9.32. The maximum atomic E-state index is 13.4. The van der Waals surface area contributed by atoms with Gasteiger partial charge >= 0.3 is 0 Å². The highest BCUT2D eigenvalue weighted by Gasteiger charge is 2.34. The Hall–Kier alpha value is -2.63. The fraction of sp³-hybridized carbons (Fsp3) is 0.640. The van der Waals surface area contributed by atoms with Gasteiger partial charge in [-0.2, -0.15) is 0 Å². The van der Waals surface area contributed by atoms with Crippen LogP contribution in [0.25, 0.3) is 0 Å². The number of aromatic nitrogens is 1. The Morgan fingerprint density at radius 3 is 2.76 bits per heavy atom. The minimum absolute atomic E-state index is 0.00756. The standard InChI is InChI=1S/C25H35N3O5/c1-5-22(30)27(4)15-21-17(2)14-28(18(3)16-29)24(31)20-12-19(13-26-23(20)33-21)8-11-25(32)9-6-7-10-25/h12-13,17-18,21,29,32H,5-7,9-10,14-16H2,1-4H3/t17-,18-,21+/m0/s1. The van der Waals surface area contributed by atoms with Crippen molar-refractivity contribution in [2.45, 2.75) is 70.6 Å². The Balaban J connectivity index is 1.97. The van der Waals surface area contributed by atoms with Gasteiger partial charge in [0.25, 0.3) is 5.91 Å². The maximum absolute atomic E-state index is 13.4. The number of ether oxygens (including phenoxy) is 1. The van der Waals surface area contributed by atoms with Gasteiger partial charge in [-0.1, -0.05) is 25.7 Å². The molecule has 1 aromatic rings. The van der Waals surface area contributed by atoms with Gasteiger partial charge in [-0.25, -0.2) is 4.98 Å². The van der Waals surface area contributed by atoms with E-state index in [2.05, 4.69) is 16.8 Å². The molecule has 2 amide bonds. The van der Waals surface area contributed by atoms with Crippen molar-refractivity contribution in [3.8, 4) is 17.7 Å². The van der Waals surface area contributed by atoms with Crippen LogP contribution >= 0.6 is 0 Å². The number of carbonyl (C=O) groups is 2. The zero-order chi connectivity index (χ0) is 24.2. The number of nitrogens with zero attached hydrogens (tertiary/aromatic N) is 3. The first kappa shape index (κ1) is 25.0. The number of likely N-dealkylation sites (N-methyl/N-ethyl adjacent to an activating group) is 1. The maximum Gasteiger partial charge on any atom is 0.259 e. The van der Waals surface area contributed by atoms with E-state index in [1.807, 2.05) is 13.8 Å². The van der Waals surface area contributed by atoms with Crippen molar-refractivity contribution < 1.29 is 24.5 Å². The molecule has 180 valence electrons. The minimum atomic E-state index is -0.987. The first-order valence-electron chi connectivity index (χ1n) is 11.8. The molecule has 1 aromatic heterocycles. The van der Waals surface area contributed by atoms with E-state index in [1.54, 1.807) is 36.0 Å². The Labute approximate surface area is 195 Å². The highest BCUT2D eigenvalue weighted by Crippen LogP contribution is 2.30. The van der Waals surface area contributed by atoms with Gasteiger partial charge in [0.05, 0.1) is 19.2 Å². The highest BCUT2D eigenvalue weighted by molar-refractivity contribution is 5.97. The minimum Gasteiger partial charge on any atom is -0.472 e. The van der Waals surface area contributed by atoms with Gasteiger partial charge < -0.3 is 24.7 Å². The van der Waals surface area contributed by atoms with Crippen molar-refractivity contribution in [3.05, 3.63) is 23.4 Å². The molecular weight excluding hydrogens is 422 g/mol. The molecule has 0 saturated heterocycles. The normalized spacial score (nSPS) is 22.8. The molecule has 0 aromatic carbocycles. The van der Waals surface area contributed by atoms with E-state index in [0.29, 0.717) is 37.9 Å². The molecule has 0 radical (unpaired) electrons. The zero-order valence-corrected chi connectivity index (χ0v) is 20.0. The quantitative estimate of drug-likeness (QED) is 0.654. The molecular formula is C25H35N3O5. The van der Waals surface area contributed by atoms with Crippen LogP contribution in [0.2, 0.25) is 0 Å². The smallest absolute Gasteiger partial charge is 0.259 e. The summed E-state index contributed by atoms with van der Waals surface area (Å²) in [6, 6.07) is 1.25. The van der Waals surface area contributed by atoms with E-state index < -0.39 is 11.6 Å².